The molecule has 1 aliphatic rings. The van der Waals surface area contributed by atoms with E-state index in [0.29, 0.717) is 43.4 Å². The second-order valence-corrected chi connectivity index (χ2v) is 13.4. The van der Waals surface area contributed by atoms with E-state index < -0.39 is 12.0 Å². The summed E-state index contributed by atoms with van der Waals surface area (Å²) in [5.41, 5.74) is 3.94. The summed E-state index contributed by atoms with van der Waals surface area (Å²) < 4.78 is 24.9. The minimum absolute atomic E-state index is 0.0166. The third kappa shape index (κ3) is 7.11. The minimum atomic E-state index is -0.813. The molecule has 50 heavy (non-hydrogen) atoms. The van der Waals surface area contributed by atoms with Gasteiger partial charge < -0.3 is 18.6 Å². The normalized spacial score (nSPS) is 14.5. The van der Waals surface area contributed by atoms with Gasteiger partial charge in [-0.1, -0.05) is 59.9 Å². The molecule has 0 N–H and O–H groups in total. The number of fused-ring (bicyclic) bond motifs is 1. The summed E-state index contributed by atoms with van der Waals surface area (Å²) in [5, 5.41) is 0. The van der Waals surface area contributed by atoms with E-state index in [1.165, 1.54) is 11.3 Å². The molecule has 0 radical (unpaired) electrons. The predicted octanol–water partition coefficient (Wildman–Crippen LogP) is 6.86. The van der Waals surface area contributed by atoms with Crippen molar-refractivity contribution in [2.45, 2.75) is 59.8 Å². The Morgan fingerprint density at radius 1 is 0.940 bits per heavy atom. The molecule has 0 saturated carbocycles. The van der Waals surface area contributed by atoms with Crippen molar-refractivity contribution in [3.05, 3.63) is 138 Å². The third-order valence-electron chi connectivity index (χ3n) is 7.91. The molecule has 9 nitrogen and oxygen atoms in total. The zero-order valence-electron chi connectivity index (χ0n) is 28.8. The first kappa shape index (κ1) is 34.4. The summed E-state index contributed by atoms with van der Waals surface area (Å²) in [7, 11) is 0. The van der Waals surface area contributed by atoms with Gasteiger partial charge in [0.05, 0.1) is 46.2 Å². The Labute approximate surface area is 293 Å². The second-order valence-electron chi connectivity index (χ2n) is 12.4. The number of rotatable bonds is 10. The van der Waals surface area contributed by atoms with E-state index in [-0.39, 0.29) is 35.9 Å². The first-order valence-corrected chi connectivity index (χ1v) is 17.3. The molecule has 6 rings (SSSR count). The van der Waals surface area contributed by atoms with Crippen LogP contribution in [0.3, 0.4) is 0 Å². The Morgan fingerprint density at radius 3 is 2.34 bits per heavy atom. The van der Waals surface area contributed by atoms with E-state index in [4.69, 9.17) is 23.6 Å². The van der Waals surface area contributed by atoms with Gasteiger partial charge in [0.25, 0.3) is 5.56 Å². The molecule has 0 amide bonds. The van der Waals surface area contributed by atoms with Crippen LogP contribution in [0.25, 0.3) is 23.1 Å². The van der Waals surface area contributed by atoms with Gasteiger partial charge in [-0.15, -0.1) is 0 Å². The molecule has 0 spiro atoms. The van der Waals surface area contributed by atoms with Crippen molar-refractivity contribution in [3.8, 4) is 17.1 Å². The van der Waals surface area contributed by atoms with E-state index in [1.54, 1.807) is 35.8 Å². The minimum Gasteiger partial charge on any atom is -0.491 e. The lowest BCUT2D eigenvalue weighted by molar-refractivity contribution is -0.138. The van der Waals surface area contributed by atoms with Crippen molar-refractivity contribution in [3.63, 3.8) is 0 Å². The highest BCUT2D eigenvalue weighted by molar-refractivity contribution is 7.07. The fourth-order valence-corrected chi connectivity index (χ4v) is 6.79. The molecule has 0 bridgehead atoms. The Hall–Kier alpha value is -5.48. The summed E-state index contributed by atoms with van der Waals surface area (Å²) >= 11 is 1.22. The van der Waals surface area contributed by atoms with Crippen molar-refractivity contribution in [2.75, 3.05) is 6.61 Å². The molecule has 5 aromatic rings. The quantitative estimate of drug-likeness (QED) is 0.147. The van der Waals surface area contributed by atoms with Gasteiger partial charge in [-0.3, -0.25) is 9.36 Å². The molecule has 3 aromatic carbocycles. The van der Waals surface area contributed by atoms with E-state index in [2.05, 4.69) is 0 Å². The number of carbonyl (C=O) groups is 2. The largest absolute Gasteiger partial charge is 0.491 e. The number of aryl methyl sites for hydroxylation is 1. The first-order valence-electron chi connectivity index (χ1n) is 16.5. The molecular formula is C40H38N2O7S. The van der Waals surface area contributed by atoms with Gasteiger partial charge in [-0.05, 0) is 89.1 Å². The molecule has 0 saturated heterocycles. The fraction of sp³-hybridized carbons (Fsp3) is 0.250. The van der Waals surface area contributed by atoms with Gasteiger partial charge in [0.15, 0.2) is 4.80 Å². The molecule has 3 heterocycles. The molecular weight excluding hydrogens is 653 g/mol. The maximum atomic E-state index is 14.3. The molecule has 1 aliphatic heterocycles. The first-order chi connectivity index (χ1) is 24.0. The van der Waals surface area contributed by atoms with Gasteiger partial charge in [-0.2, -0.15) is 0 Å². The van der Waals surface area contributed by atoms with Crippen LogP contribution in [-0.2, 0) is 14.3 Å². The number of thiazole rings is 1. The van der Waals surface area contributed by atoms with Gasteiger partial charge in [0, 0.05) is 17.2 Å². The Balaban J connectivity index is 1.46. The zero-order chi connectivity index (χ0) is 35.5. The van der Waals surface area contributed by atoms with Gasteiger partial charge >= 0.3 is 11.9 Å². The van der Waals surface area contributed by atoms with Crippen LogP contribution in [0.5, 0.6) is 5.75 Å². The van der Waals surface area contributed by atoms with E-state index in [1.807, 2.05) is 101 Å². The number of hydrogen-bond acceptors (Lipinski definition) is 9. The van der Waals surface area contributed by atoms with Crippen molar-refractivity contribution in [1.82, 2.24) is 4.57 Å². The number of aromatic nitrogens is 1. The van der Waals surface area contributed by atoms with Crippen LogP contribution in [-0.4, -0.2) is 35.3 Å². The van der Waals surface area contributed by atoms with Gasteiger partial charge in [-0.25, -0.2) is 14.6 Å². The molecule has 2 aromatic heterocycles. The fourth-order valence-electron chi connectivity index (χ4n) is 5.81. The van der Waals surface area contributed by atoms with Gasteiger partial charge in [0.2, 0.25) is 0 Å². The maximum absolute atomic E-state index is 14.3. The summed E-state index contributed by atoms with van der Waals surface area (Å²) in [4.78, 5) is 45.8. The predicted molar refractivity (Wildman–Crippen MR) is 193 cm³/mol. The van der Waals surface area contributed by atoms with Gasteiger partial charge in [0.1, 0.15) is 17.3 Å². The lowest BCUT2D eigenvalue weighted by Crippen LogP contribution is -2.40. The lowest BCUT2D eigenvalue weighted by atomic mass is 9.93. The van der Waals surface area contributed by atoms with E-state index in [9.17, 15) is 14.4 Å². The molecule has 0 unspecified atom stereocenters. The second kappa shape index (κ2) is 14.6. The highest BCUT2D eigenvalue weighted by atomic mass is 32.1. The monoisotopic (exact) mass is 690 g/mol. The van der Waals surface area contributed by atoms with Crippen molar-refractivity contribution in [1.29, 1.82) is 0 Å². The van der Waals surface area contributed by atoms with Crippen LogP contribution in [0, 0.1) is 6.92 Å². The van der Waals surface area contributed by atoms with Crippen molar-refractivity contribution in [2.24, 2.45) is 4.99 Å². The SMILES string of the molecule is CCOC(=O)C1=C(c2ccccc2)N=c2s/c(=C\c3ccc(-c4ccc(C(=O)OC(C)C)cc4C)o3)c(=O)n2[C@H]1c1ccc(OC(C)C)cc1. The highest BCUT2D eigenvalue weighted by Crippen LogP contribution is 2.36. The topological polar surface area (TPSA) is 109 Å². The Kier molecular flexibility index (Phi) is 10.0. The number of hydrogen-bond donors (Lipinski definition) is 0. The van der Waals surface area contributed by atoms with Crippen LogP contribution in [0.2, 0.25) is 0 Å². The summed E-state index contributed by atoms with van der Waals surface area (Å²) in [6.07, 6.45) is 1.45. The van der Waals surface area contributed by atoms with Crippen LogP contribution in [0.1, 0.15) is 73.5 Å². The zero-order valence-corrected chi connectivity index (χ0v) is 29.6. The van der Waals surface area contributed by atoms with Crippen molar-refractivity contribution >= 4 is 35.0 Å². The lowest BCUT2D eigenvalue weighted by Gasteiger charge is -2.26. The number of furan rings is 1. The smallest absolute Gasteiger partial charge is 0.338 e. The number of benzene rings is 3. The number of esters is 2. The van der Waals surface area contributed by atoms with Crippen LogP contribution < -0.4 is 19.6 Å². The average molecular weight is 691 g/mol. The number of carbonyl (C=O) groups excluding carboxylic acids is 2. The molecule has 1 atom stereocenters. The Morgan fingerprint density at radius 2 is 1.68 bits per heavy atom. The number of nitrogens with zero attached hydrogens (tertiary/aromatic N) is 2. The van der Waals surface area contributed by atoms with Crippen LogP contribution >= 0.6 is 11.3 Å². The molecule has 0 fully saturated rings. The molecule has 10 heteroatoms. The Bertz CT molecular complexity index is 2260. The summed E-state index contributed by atoms with van der Waals surface area (Å²) in [6, 6.07) is 24.9. The molecule has 256 valence electrons. The standard InChI is InChI=1S/C40H38N2O7S/c1-7-46-39(45)34-35(26-11-9-8-10-12-26)41-40-42(36(34)27-13-16-29(17-14-27)47-23(2)3)37(43)33(50-40)22-30-18-20-32(49-30)31-19-15-28(21-25(31)6)38(44)48-24(4)5/h8-24,36H,7H2,1-6H3/b33-22-/t36-/m0/s1. The summed E-state index contributed by atoms with van der Waals surface area (Å²) in [6.45, 7) is 11.3. The number of ether oxygens (including phenoxy) is 3. The third-order valence-corrected chi connectivity index (χ3v) is 8.89. The maximum Gasteiger partial charge on any atom is 0.338 e. The van der Waals surface area contributed by atoms with E-state index >= 15 is 0 Å². The van der Waals surface area contributed by atoms with Crippen LogP contribution in [0.4, 0.5) is 0 Å². The van der Waals surface area contributed by atoms with E-state index in [0.717, 1.165) is 16.7 Å². The van der Waals surface area contributed by atoms with Crippen molar-refractivity contribution < 1.29 is 28.2 Å². The molecule has 0 aliphatic carbocycles. The highest BCUT2D eigenvalue weighted by Gasteiger charge is 2.35. The summed E-state index contributed by atoms with van der Waals surface area (Å²) in [5.74, 6) is 0.793. The van der Waals surface area contributed by atoms with Crippen LogP contribution in [0.15, 0.2) is 105 Å². The average Bonchev–Trinajstić information content (AvgIpc) is 3.67.